The molecule has 1 N–H and O–H groups in total. The van der Waals surface area contributed by atoms with Crippen molar-refractivity contribution in [3.8, 4) is 0 Å². The number of allylic oxidation sites excluding steroid dienone is 2. The Morgan fingerprint density at radius 2 is 1.73 bits per heavy atom. The molecule has 1 heterocycles. The lowest BCUT2D eigenvalue weighted by molar-refractivity contribution is -0.155. The van der Waals surface area contributed by atoms with Gasteiger partial charge < -0.3 is 14.6 Å². The fourth-order valence-corrected chi connectivity index (χ4v) is 10.0. The number of hydrogen-bond acceptors (Lipinski definition) is 5. The maximum absolute atomic E-state index is 14.2. The SMILES string of the molecule is C=C(C(=O)O)C1CCC(=C)[C@@H]2CC(=O)[C@]3(CC[C@]4(OC)C5C(CC43)C(=C)CCC3C(=C)C(=O)O[C@@H]35)C2C1. The highest BCUT2D eigenvalue weighted by atomic mass is 16.6. The molecule has 6 aliphatic rings. The molecule has 10 atom stereocenters. The minimum Gasteiger partial charge on any atom is -0.478 e. The van der Waals surface area contributed by atoms with Gasteiger partial charge in [0.25, 0.3) is 0 Å². The van der Waals surface area contributed by atoms with Gasteiger partial charge in [0, 0.05) is 47.8 Å². The molecule has 0 aromatic heterocycles. The molecule has 5 saturated carbocycles. The van der Waals surface area contributed by atoms with Crippen molar-refractivity contribution in [3.63, 3.8) is 0 Å². The first-order valence-corrected chi connectivity index (χ1v) is 13.8. The Balaban J connectivity index is 1.44. The number of carboxylic acid groups (broad SMARTS) is 1. The predicted molar refractivity (Wildman–Crippen MR) is 137 cm³/mol. The van der Waals surface area contributed by atoms with E-state index in [1.807, 2.05) is 0 Å². The Hall–Kier alpha value is -2.47. The van der Waals surface area contributed by atoms with Crippen LogP contribution in [-0.2, 0) is 23.9 Å². The van der Waals surface area contributed by atoms with Crippen LogP contribution in [0.2, 0.25) is 0 Å². The first kappa shape index (κ1) is 24.8. The molecule has 1 spiro atoms. The zero-order valence-electron chi connectivity index (χ0n) is 21.8. The molecule has 0 aromatic rings. The third-order valence-electron chi connectivity index (χ3n) is 11.7. The summed E-state index contributed by atoms with van der Waals surface area (Å²) in [4.78, 5) is 38.7. The van der Waals surface area contributed by atoms with Crippen LogP contribution in [0.4, 0.5) is 0 Å². The smallest absolute Gasteiger partial charge is 0.334 e. The molecule has 6 heteroatoms. The van der Waals surface area contributed by atoms with Gasteiger partial charge in [-0.05, 0) is 75.0 Å². The van der Waals surface area contributed by atoms with Crippen molar-refractivity contribution >= 4 is 17.7 Å². The number of aliphatic carboxylic acids is 1. The molecule has 0 radical (unpaired) electrons. The summed E-state index contributed by atoms with van der Waals surface area (Å²) < 4.78 is 12.5. The molecule has 6 fully saturated rings. The van der Waals surface area contributed by atoms with Crippen molar-refractivity contribution in [1.29, 1.82) is 0 Å². The summed E-state index contributed by atoms with van der Waals surface area (Å²) in [6.45, 7) is 16.8. The van der Waals surface area contributed by atoms with Gasteiger partial charge in [0.2, 0.25) is 0 Å². The summed E-state index contributed by atoms with van der Waals surface area (Å²) >= 11 is 0. The third-order valence-corrected chi connectivity index (χ3v) is 11.7. The highest BCUT2D eigenvalue weighted by molar-refractivity contribution is 5.91. The van der Waals surface area contributed by atoms with Gasteiger partial charge in [0.05, 0.1) is 5.60 Å². The van der Waals surface area contributed by atoms with Crippen LogP contribution in [0.5, 0.6) is 0 Å². The third kappa shape index (κ3) is 3.11. The summed E-state index contributed by atoms with van der Waals surface area (Å²) in [6.07, 6.45) is 6.10. The maximum atomic E-state index is 14.2. The normalized spacial score (nSPS) is 46.7. The van der Waals surface area contributed by atoms with Gasteiger partial charge in [0.1, 0.15) is 11.9 Å². The number of ether oxygens (including phenoxy) is 2. The van der Waals surface area contributed by atoms with Crippen LogP contribution in [0.15, 0.2) is 48.6 Å². The monoisotopic (exact) mass is 506 g/mol. The van der Waals surface area contributed by atoms with E-state index in [-0.39, 0.29) is 64.9 Å². The van der Waals surface area contributed by atoms with Crippen molar-refractivity contribution in [1.82, 2.24) is 0 Å². The van der Waals surface area contributed by atoms with Crippen LogP contribution in [0.1, 0.15) is 57.8 Å². The first-order valence-electron chi connectivity index (χ1n) is 13.8. The molecule has 5 aliphatic carbocycles. The van der Waals surface area contributed by atoms with Gasteiger partial charge in [-0.3, -0.25) is 4.79 Å². The minimum atomic E-state index is -0.959. The van der Waals surface area contributed by atoms with Crippen molar-refractivity contribution < 1.29 is 29.0 Å². The number of carbonyl (C=O) groups is 3. The van der Waals surface area contributed by atoms with E-state index in [9.17, 15) is 19.5 Å². The van der Waals surface area contributed by atoms with Crippen LogP contribution < -0.4 is 0 Å². The van der Waals surface area contributed by atoms with Gasteiger partial charge in [0.15, 0.2) is 0 Å². The molecule has 6 rings (SSSR count). The predicted octanol–water partition coefficient (Wildman–Crippen LogP) is 5.05. The lowest BCUT2D eigenvalue weighted by Crippen LogP contribution is -2.50. The van der Waals surface area contributed by atoms with Crippen LogP contribution in [0.25, 0.3) is 0 Å². The van der Waals surface area contributed by atoms with Crippen molar-refractivity contribution in [3.05, 3.63) is 48.6 Å². The lowest BCUT2D eigenvalue weighted by Gasteiger charge is -2.43. The quantitative estimate of drug-likeness (QED) is 0.327. The molecule has 1 saturated heterocycles. The zero-order valence-corrected chi connectivity index (χ0v) is 21.8. The fraction of sp³-hybridized carbons (Fsp3) is 0.645. The second-order valence-electron chi connectivity index (χ2n) is 12.6. The van der Waals surface area contributed by atoms with E-state index < -0.39 is 17.0 Å². The van der Waals surface area contributed by atoms with E-state index in [0.717, 1.165) is 43.3 Å². The van der Waals surface area contributed by atoms with E-state index >= 15 is 0 Å². The average molecular weight is 507 g/mol. The second kappa shape index (κ2) is 8.26. The van der Waals surface area contributed by atoms with Gasteiger partial charge in [-0.25, -0.2) is 9.59 Å². The van der Waals surface area contributed by atoms with Crippen molar-refractivity contribution in [2.24, 2.45) is 46.8 Å². The standard InChI is InChI=1S/C31H38O6/c1-15-6-8-19(17(3)28(33)34)12-23-21(15)14-25(32)30(23)10-11-31(36-5)24(30)13-22-16(2)7-9-20-18(4)29(35)37-27(20)26(22)31/h19-24,26-27H,1-4,6-14H2,5H3,(H,33,34)/t19?,20?,21-,22?,23?,24?,26?,27-,30+,31+/m0/s1. The van der Waals surface area contributed by atoms with Crippen LogP contribution in [0.3, 0.4) is 0 Å². The average Bonchev–Trinajstić information content (AvgIpc) is 3.49. The number of methoxy groups -OCH3 is 1. The Morgan fingerprint density at radius 1 is 1.03 bits per heavy atom. The van der Waals surface area contributed by atoms with Crippen molar-refractivity contribution in [2.45, 2.75) is 69.5 Å². The molecular formula is C31H38O6. The summed E-state index contributed by atoms with van der Waals surface area (Å²) in [5.41, 5.74) is 1.84. The Morgan fingerprint density at radius 3 is 2.43 bits per heavy atom. The highest BCUT2D eigenvalue weighted by Gasteiger charge is 2.75. The van der Waals surface area contributed by atoms with Crippen molar-refractivity contribution in [2.75, 3.05) is 7.11 Å². The van der Waals surface area contributed by atoms with E-state index in [4.69, 9.17) is 9.47 Å². The maximum Gasteiger partial charge on any atom is 0.334 e. The van der Waals surface area contributed by atoms with Gasteiger partial charge >= 0.3 is 11.9 Å². The Labute approximate surface area is 218 Å². The first-order chi connectivity index (χ1) is 17.6. The van der Waals surface area contributed by atoms with E-state index in [1.165, 1.54) is 0 Å². The molecule has 198 valence electrons. The number of Topliss-reactive ketones (excluding diaryl/α,β-unsaturated/α-hetero) is 1. The minimum absolute atomic E-state index is 0.0191. The molecule has 6 nitrogen and oxygen atoms in total. The summed E-state index contributed by atoms with van der Waals surface area (Å²) in [6, 6.07) is 0. The fourth-order valence-electron chi connectivity index (χ4n) is 10.0. The number of carboxylic acids is 1. The van der Waals surface area contributed by atoms with Crippen LogP contribution >= 0.6 is 0 Å². The number of esters is 1. The number of carbonyl (C=O) groups excluding carboxylic acids is 2. The second-order valence-corrected chi connectivity index (χ2v) is 12.6. The van der Waals surface area contributed by atoms with Crippen LogP contribution in [0, 0.1) is 46.8 Å². The Kier molecular flexibility index (Phi) is 5.55. The van der Waals surface area contributed by atoms with E-state index in [2.05, 4.69) is 26.3 Å². The summed E-state index contributed by atoms with van der Waals surface area (Å²) in [5, 5.41) is 9.73. The molecule has 1 aliphatic heterocycles. The van der Waals surface area contributed by atoms with E-state index in [0.29, 0.717) is 31.3 Å². The number of fused-ring (bicyclic) bond motifs is 8. The molecular weight excluding hydrogens is 468 g/mol. The van der Waals surface area contributed by atoms with Crippen LogP contribution in [-0.4, -0.2) is 41.6 Å². The zero-order chi connectivity index (χ0) is 26.4. The molecule has 37 heavy (non-hydrogen) atoms. The number of hydrogen-bond donors (Lipinski definition) is 1. The van der Waals surface area contributed by atoms with Gasteiger partial charge in [-0.15, -0.1) is 0 Å². The van der Waals surface area contributed by atoms with Gasteiger partial charge in [-0.1, -0.05) is 37.5 Å². The largest absolute Gasteiger partial charge is 0.478 e. The lowest BCUT2D eigenvalue weighted by atomic mass is 9.63. The molecule has 0 amide bonds. The van der Waals surface area contributed by atoms with Gasteiger partial charge in [-0.2, -0.15) is 0 Å². The van der Waals surface area contributed by atoms with E-state index in [1.54, 1.807) is 7.11 Å². The Bertz CT molecular complexity index is 1150. The molecule has 6 unspecified atom stereocenters. The topological polar surface area (TPSA) is 89.9 Å². The molecule has 0 aromatic carbocycles. The summed E-state index contributed by atoms with van der Waals surface area (Å²) in [7, 11) is 1.75. The number of rotatable bonds is 3. The summed E-state index contributed by atoms with van der Waals surface area (Å²) in [5.74, 6) is -1.10. The highest BCUT2D eigenvalue weighted by Crippen LogP contribution is 2.73. The number of ketones is 1. The molecule has 0 bridgehead atoms.